The molecule has 0 saturated heterocycles. The fourth-order valence-electron chi connectivity index (χ4n) is 1.86. The first-order valence-corrected chi connectivity index (χ1v) is 6.18. The average Bonchev–Trinajstić information content (AvgIpc) is 2.38. The lowest BCUT2D eigenvalue weighted by Crippen LogP contribution is -2.29. The molecule has 1 atom stereocenters. The van der Waals surface area contributed by atoms with Crippen molar-refractivity contribution in [1.82, 2.24) is 5.32 Å². The van der Waals surface area contributed by atoms with Gasteiger partial charge in [0.25, 0.3) is 0 Å². The first kappa shape index (κ1) is 14.0. The van der Waals surface area contributed by atoms with Crippen molar-refractivity contribution < 1.29 is 9.47 Å². The molecule has 0 bridgehead atoms. The highest BCUT2D eigenvalue weighted by atomic mass is 16.5. The number of ether oxygens (including phenoxy) is 2. The summed E-state index contributed by atoms with van der Waals surface area (Å²) in [6.45, 7) is 3.61. The predicted octanol–water partition coefficient (Wildman–Crippen LogP) is 2.25. The fraction of sp³-hybridized carbons (Fsp3) is 0.571. The number of para-hydroxylation sites is 1. The van der Waals surface area contributed by atoms with Crippen LogP contribution in [0.25, 0.3) is 0 Å². The lowest BCUT2D eigenvalue weighted by molar-refractivity contribution is 0.137. The van der Waals surface area contributed by atoms with Crippen molar-refractivity contribution in [1.29, 1.82) is 0 Å². The standard InChI is InChI=1S/C14H23NO2/c1-4-17-10-9-13(15-2)11-12-7-5-6-8-14(12)16-3/h5-8,13,15H,4,9-11H2,1-3H3. The van der Waals surface area contributed by atoms with E-state index in [9.17, 15) is 0 Å². The van der Waals surface area contributed by atoms with Crippen LogP contribution >= 0.6 is 0 Å². The highest BCUT2D eigenvalue weighted by Crippen LogP contribution is 2.19. The summed E-state index contributed by atoms with van der Waals surface area (Å²) in [4.78, 5) is 0. The number of nitrogens with one attached hydrogen (secondary N) is 1. The summed E-state index contributed by atoms with van der Waals surface area (Å²) >= 11 is 0. The quantitative estimate of drug-likeness (QED) is 0.703. The molecule has 1 aromatic carbocycles. The minimum atomic E-state index is 0.429. The maximum atomic E-state index is 5.39. The molecule has 3 heteroatoms. The van der Waals surface area contributed by atoms with Crippen molar-refractivity contribution in [2.24, 2.45) is 0 Å². The number of benzene rings is 1. The van der Waals surface area contributed by atoms with Crippen molar-refractivity contribution in [3.63, 3.8) is 0 Å². The van der Waals surface area contributed by atoms with Gasteiger partial charge in [0.1, 0.15) is 5.75 Å². The number of hydrogen-bond donors (Lipinski definition) is 1. The second kappa shape index (κ2) is 8.09. The third-order valence-corrected chi connectivity index (χ3v) is 2.88. The first-order chi connectivity index (χ1) is 8.31. The molecule has 1 rings (SSSR count). The molecule has 0 aliphatic carbocycles. The molecule has 0 amide bonds. The zero-order valence-corrected chi connectivity index (χ0v) is 11.0. The highest BCUT2D eigenvalue weighted by molar-refractivity contribution is 5.33. The van der Waals surface area contributed by atoms with E-state index in [-0.39, 0.29) is 0 Å². The SMILES string of the molecule is CCOCCC(Cc1ccccc1OC)NC. The van der Waals surface area contributed by atoms with Gasteiger partial charge in [0.2, 0.25) is 0 Å². The van der Waals surface area contributed by atoms with E-state index < -0.39 is 0 Å². The summed E-state index contributed by atoms with van der Waals surface area (Å²) in [5.74, 6) is 0.962. The summed E-state index contributed by atoms with van der Waals surface area (Å²) in [6.07, 6.45) is 1.98. The molecule has 1 unspecified atom stereocenters. The molecule has 0 saturated carbocycles. The Bertz CT molecular complexity index is 315. The van der Waals surface area contributed by atoms with Crippen molar-refractivity contribution in [3.05, 3.63) is 29.8 Å². The van der Waals surface area contributed by atoms with Gasteiger partial charge in [-0.05, 0) is 38.4 Å². The summed E-state index contributed by atoms with van der Waals surface area (Å²) in [5.41, 5.74) is 1.24. The summed E-state index contributed by atoms with van der Waals surface area (Å²) in [7, 11) is 3.71. The molecule has 0 aliphatic heterocycles. The van der Waals surface area contributed by atoms with Gasteiger partial charge in [0.15, 0.2) is 0 Å². The molecule has 17 heavy (non-hydrogen) atoms. The Morgan fingerprint density at radius 1 is 1.29 bits per heavy atom. The van der Waals surface area contributed by atoms with E-state index in [0.29, 0.717) is 6.04 Å². The second-order valence-corrected chi connectivity index (χ2v) is 3.99. The minimum absolute atomic E-state index is 0.429. The smallest absolute Gasteiger partial charge is 0.122 e. The van der Waals surface area contributed by atoms with E-state index in [2.05, 4.69) is 11.4 Å². The molecule has 1 aromatic rings. The Kier molecular flexibility index (Phi) is 6.67. The zero-order chi connectivity index (χ0) is 12.5. The predicted molar refractivity (Wildman–Crippen MR) is 70.7 cm³/mol. The van der Waals surface area contributed by atoms with E-state index in [1.165, 1.54) is 5.56 Å². The number of rotatable bonds is 8. The van der Waals surface area contributed by atoms with Crippen LogP contribution < -0.4 is 10.1 Å². The lowest BCUT2D eigenvalue weighted by Gasteiger charge is -2.17. The molecule has 3 nitrogen and oxygen atoms in total. The van der Waals surface area contributed by atoms with Gasteiger partial charge in [-0.15, -0.1) is 0 Å². The van der Waals surface area contributed by atoms with Crippen LogP contribution in [0.2, 0.25) is 0 Å². The molecular weight excluding hydrogens is 214 g/mol. The van der Waals surface area contributed by atoms with Gasteiger partial charge in [0.05, 0.1) is 7.11 Å². The normalized spacial score (nSPS) is 12.4. The molecule has 0 aromatic heterocycles. The monoisotopic (exact) mass is 237 g/mol. The van der Waals surface area contributed by atoms with Crippen LogP contribution in [-0.4, -0.2) is 33.4 Å². The van der Waals surface area contributed by atoms with Gasteiger partial charge in [0, 0.05) is 19.3 Å². The molecule has 0 fully saturated rings. The van der Waals surface area contributed by atoms with Crippen molar-refractivity contribution in [3.8, 4) is 5.75 Å². The Morgan fingerprint density at radius 2 is 2.06 bits per heavy atom. The Balaban J connectivity index is 2.54. The molecule has 0 aliphatic rings. The van der Waals surface area contributed by atoms with Crippen LogP contribution in [0.15, 0.2) is 24.3 Å². The Labute approximate surface area is 104 Å². The Hall–Kier alpha value is -1.06. The molecule has 0 radical (unpaired) electrons. The summed E-state index contributed by atoms with van der Waals surface area (Å²) in [5, 5.41) is 3.33. The number of hydrogen-bond acceptors (Lipinski definition) is 3. The van der Waals surface area contributed by atoms with E-state index in [0.717, 1.165) is 31.8 Å². The molecule has 0 heterocycles. The van der Waals surface area contributed by atoms with Gasteiger partial charge in [-0.3, -0.25) is 0 Å². The largest absolute Gasteiger partial charge is 0.496 e. The third kappa shape index (κ3) is 4.75. The minimum Gasteiger partial charge on any atom is -0.496 e. The number of likely N-dealkylation sites (N-methyl/N-ethyl adjacent to an activating group) is 1. The van der Waals surface area contributed by atoms with Crippen LogP contribution in [-0.2, 0) is 11.2 Å². The maximum absolute atomic E-state index is 5.39. The van der Waals surface area contributed by atoms with E-state index >= 15 is 0 Å². The van der Waals surface area contributed by atoms with E-state index in [4.69, 9.17) is 9.47 Å². The van der Waals surface area contributed by atoms with Crippen LogP contribution in [0, 0.1) is 0 Å². The lowest BCUT2D eigenvalue weighted by atomic mass is 10.0. The molecule has 1 N–H and O–H groups in total. The maximum Gasteiger partial charge on any atom is 0.122 e. The van der Waals surface area contributed by atoms with Crippen LogP contribution in [0.4, 0.5) is 0 Å². The summed E-state index contributed by atoms with van der Waals surface area (Å²) in [6, 6.07) is 8.59. The third-order valence-electron chi connectivity index (χ3n) is 2.88. The van der Waals surface area contributed by atoms with Gasteiger partial charge in [-0.2, -0.15) is 0 Å². The van der Waals surface area contributed by atoms with Crippen molar-refractivity contribution in [2.75, 3.05) is 27.4 Å². The van der Waals surface area contributed by atoms with Crippen LogP contribution in [0.3, 0.4) is 0 Å². The average molecular weight is 237 g/mol. The molecule has 96 valence electrons. The summed E-state index contributed by atoms with van der Waals surface area (Å²) < 4.78 is 10.7. The fourth-order valence-corrected chi connectivity index (χ4v) is 1.86. The van der Waals surface area contributed by atoms with Crippen molar-refractivity contribution >= 4 is 0 Å². The van der Waals surface area contributed by atoms with Gasteiger partial charge >= 0.3 is 0 Å². The Morgan fingerprint density at radius 3 is 2.71 bits per heavy atom. The molecular formula is C14H23NO2. The second-order valence-electron chi connectivity index (χ2n) is 3.99. The van der Waals surface area contributed by atoms with Crippen LogP contribution in [0.5, 0.6) is 5.75 Å². The number of methoxy groups -OCH3 is 1. The van der Waals surface area contributed by atoms with E-state index in [1.807, 2.05) is 32.2 Å². The van der Waals surface area contributed by atoms with E-state index in [1.54, 1.807) is 7.11 Å². The van der Waals surface area contributed by atoms with Crippen LogP contribution in [0.1, 0.15) is 18.9 Å². The van der Waals surface area contributed by atoms with Gasteiger partial charge < -0.3 is 14.8 Å². The van der Waals surface area contributed by atoms with Gasteiger partial charge in [-0.1, -0.05) is 18.2 Å². The topological polar surface area (TPSA) is 30.5 Å². The zero-order valence-electron chi connectivity index (χ0n) is 11.0. The first-order valence-electron chi connectivity index (χ1n) is 6.18. The highest BCUT2D eigenvalue weighted by Gasteiger charge is 2.10. The van der Waals surface area contributed by atoms with Gasteiger partial charge in [-0.25, -0.2) is 0 Å². The molecule has 0 spiro atoms. The van der Waals surface area contributed by atoms with Crippen molar-refractivity contribution in [2.45, 2.75) is 25.8 Å².